The maximum atomic E-state index is 11.4. The molecule has 3 heteroatoms. The van der Waals surface area contributed by atoms with E-state index < -0.39 is 0 Å². The number of carbonyl (C=O) groups excluding carboxylic acids is 1. The van der Waals surface area contributed by atoms with E-state index in [1.54, 1.807) is 0 Å². The van der Waals surface area contributed by atoms with E-state index in [1.807, 2.05) is 24.3 Å². The molecule has 0 spiro atoms. The van der Waals surface area contributed by atoms with E-state index in [-0.39, 0.29) is 5.97 Å². The van der Waals surface area contributed by atoms with Gasteiger partial charge in [0.2, 0.25) is 0 Å². The molecule has 2 aromatic rings. The predicted octanol–water partition coefficient (Wildman–Crippen LogP) is 3.71. The zero-order chi connectivity index (χ0) is 15.4. The zero-order valence-corrected chi connectivity index (χ0v) is 12.8. The van der Waals surface area contributed by atoms with Crippen molar-refractivity contribution >= 4 is 5.97 Å². The molecule has 2 aromatic carbocycles. The maximum absolute atomic E-state index is 11.4. The van der Waals surface area contributed by atoms with Crippen LogP contribution < -0.4 is 5.32 Å². The Labute approximate surface area is 131 Å². The molecular weight excluding hydrogens is 274 g/mol. The molecule has 0 amide bonds. The van der Waals surface area contributed by atoms with Gasteiger partial charge in [-0.2, -0.15) is 0 Å². The summed E-state index contributed by atoms with van der Waals surface area (Å²) in [5.41, 5.74) is 3.12. The van der Waals surface area contributed by atoms with Gasteiger partial charge in [0.1, 0.15) is 0 Å². The summed E-state index contributed by atoms with van der Waals surface area (Å²) in [6, 6.07) is 18.6. The summed E-state index contributed by atoms with van der Waals surface area (Å²) in [5.74, 6) is 0.455. The summed E-state index contributed by atoms with van der Waals surface area (Å²) in [6.45, 7) is 0.803. The van der Waals surface area contributed by atoms with Crippen molar-refractivity contribution in [3.8, 4) is 0 Å². The molecule has 0 aliphatic heterocycles. The highest BCUT2D eigenvalue weighted by Crippen LogP contribution is 2.41. The molecule has 1 fully saturated rings. The first-order chi connectivity index (χ1) is 10.8. The van der Waals surface area contributed by atoms with Crippen molar-refractivity contribution in [2.75, 3.05) is 7.11 Å². The molecule has 1 unspecified atom stereocenters. The molecule has 1 saturated carbocycles. The quantitative estimate of drug-likeness (QED) is 0.826. The molecule has 1 N–H and O–H groups in total. The lowest BCUT2D eigenvalue weighted by atomic mass is 10.0. The molecule has 22 heavy (non-hydrogen) atoms. The normalized spacial score (nSPS) is 15.3. The van der Waals surface area contributed by atoms with E-state index >= 15 is 0 Å². The highest BCUT2D eigenvalue weighted by Gasteiger charge is 2.31. The Balaban J connectivity index is 1.64. The predicted molar refractivity (Wildman–Crippen MR) is 86.5 cm³/mol. The largest absolute Gasteiger partial charge is 0.465 e. The summed E-state index contributed by atoms with van der Waals surface area (Å²) in [5, 5.41) is 3.66. The molecule has 0 heterocycles. The SMILES string of the molecule is COC(=O)c1ccc(CNC(c2ccccc2)C2CC2)cc1. The molecule has 0 aromatic heterocycles. The van der Waals surface area contributed by atoms with E-state index in [4.69, 9.17) is 4.74 Å². The fourth-order valence-electron chi connectivity index (χ4n) is 2.75. The van der Waals surface area contributed by atoms with Gasteiger partial charge in [0.25, 0.3) is 0 Å². The van der Waals surface area contributed by atoms with Crippen LogP contribution in [0.3, 0.4) is 0 Å². The van der Waals surface area contributed by atoms with E-state index in [1.165, 1.54) is 31.1 Å². The van der Waals surface area contributed by atoms with Gasteiger partial charge < -0.3 is 10.1 Å². The minimum atomic E-state index is -0.292. The van der Waals surface area contributed by atoms with Crippen LogP contribution >= 0.6 is 0 Å². The number of hydrogen-bond donors (Lipinski definition) is 1. The number of esters is 1. The van der Waals surface area contributed by atoms with Gasteiger partial charge in [-0.05, 0) is 42.0 Å². The summed E-state index contributed by atoms with van der Waals surface area (Å²) in [6.07, 6.45) is 2.60. The third-order valence-electron chi connectivity index (χ3n) is 4.15. The average Bonchev–Trinajstić information content (AvgIpc) is 3.41. The third kappa shape index (κ3) is 3.55. The number of carbonyl (C=O) groups is 1. The summed E-state index contributed by atoms with van der Waals surface area (Å²) < 4.78 is 4.72. The lowest BCUT2D eigenvalue weighted by Crippen LogP contribution is -2.22. The molecule has 3 nitrogen and oxygen atoms in total. The number of hydrogen-bond acceptors (Lipinski definition) is 3. The Morgan fingerprint density at radius 3 is 2.41 bits per heavy atom. The lowest BCUT2D eigenvalue weighted by Gasteiger charge is -2.19. The zero-order valence-electron chi connectivity index (χ0n) is 12.8. The van der Waals surface area contributed by atoms with Crippen LogP contribution in [0.2, 0.25) is 0 Å². The second-order valence-corrected chi connectivity index (χ2v) is 5.80. The molecule has 0 bridgehead atoms. The van der Waals surface area contributed by atoms with Crippen molar-refractivity contribution in [2.24, 2.45) is 5.92 Å². The van der Waals surface area contributed by atoms with Gasteiger partial charge >= 0.3 is 5.97 Å². The van der Waals surface area contributed by atoms with Gasteiger partial charge in [-0.3, -0.25) is 0 Å². The molecule has 1 aliphatic rings. The van der Waals surface area contributed by atoms with Crippen LogP contribution in [-0.2, 0) is 11.3 Å². The number of rotatable bonds is 6. The minimum absolute atomic E-state index is 0.292. The Kier molecular flexibility index (Phi) is 4.54. The first-order valence-electron chi connectivity index (χ1n) is 7.73. The van der Waals surface area contributed by atoms with Crippen molar-refractivity contribution < 1.29 is 9.53 Å². The van der Waals surface area contributed by atoms with Gasteiger partial charge in [0.15, 0.2) is 0 Å². The smallest absolute Gasteiger partial charge is 0.337 e. The number of ether oxygens (including phenoxy) is 1. The molecule has 0 radical (unpaired) electrons. The standard InChI is InChI=1S/C19H21NO2/c1-22-19(21)17-9-7-14(8-10-17)13-20-18(16-11-12-16)15-5-3-2-4-6-15/h2-10,16,18,20H,11-13H2,1H3. The van der Waals surface area contributed by atoms with E-state index in [0.717, 1.165) is 12.5 Å². The van der Waals surface area contributed by atoms with E-state index in [9.17, 15) is 4.79 Å². The number of nitrogens with one attached hydrogen (secondary N) is 1. The first kappa shape index (κ1) is 14.8. The van der Waals surface area contributed by atoms with Crippen molar-refractivity contribution in [3.63, 3.8) is 0 Å². The Morgan fingerprint density at radius 2 is 1.82 bits per heavy atom. The number of benzene rings is 2. The second kappa shape index (κ2) is 6.75. The molecule has 114 valence electrons. The fourth-order valence-corrected chi connectivity index (χ4v) is 2.75. The van der Waals surface area contributed by atoms with Crippen molar-refractivity contribution in [2.45, 2.75) is 25.4 Å². The summed E-state index contributed by atoms with van der Waals surface area (Å²) in [7, 11) is 1.40. The summed E-state index contributed by atoms with van der Waals surface area (Å²) >= 11 is 0. The van der Waals surface area contributed by atoms with Gasteiger partial charge in [-0.15, -0.1) is 0 Å². The van der Waals surface area contributed by atoms with Gasteiger partial charge in [-0.1, -0.05) is 42.5 Å². The first-order valence-corrected chi connectivity index (χ1v) is 7.73. The van der Waals surface area contributed by atoms with E-state index in [0.29, 0.717) is 11.6 Å². The topological polar surface area (TPSA) is 38.3 Å². The minimum Gasteiger partial charge on any atom is -0.465 e. The Hall–Kier alpha value is -2.13. The van der Waals surface area contributed by atoms with Crippen LogP contribution in [0.25, 0.3) is 0 Å². The monoisotopic (exact) mass is 295 g/mol. The van der Waals surface area contributed by atoms with Crippen LogP contribution in [0.1, 0.15) is 40.4 Å². The van der Waals surface area contributed by atoms with Crippen molar-refractivity contribution in [1.82, 2.24) is 5.32 Å². The highest BCUT2D eigenvalue weighted by molar-refractivity contribution is 5.89. The third-order valence-corrected chi connectivity index (χ3v) is 4.15. The Morgan fingerprint density at radius 1 is 1.14 bits per heavy atom. The van der Waals surface area contributed by atoms with Crippen LogP contribution in [0.4, 0.5) is 0 Å². The molecule has 0 saturated heterocycles. The lowest BCUT2D eigenvalue weighted by molar-refractivity contribution is 0.0600. The second-order valence-electron chi connectivity index (χ2n) is 5.80. The number of methoxy groups -OCH3 is 1. The molecule has 3 rings (SSSR count). The molecule has 1 aliphatic carbocycles. The summed E-state index contributed by atoms with van der Waals surface area (Å²) in [4.78, 5) is 11.4. The fraction of sp³-hybridized carbons (Fsp3) is 0.316. The van der Waals surface area contributed by atoms with Crippen molar-refractivity contribution in [3.05, 3.63) is 71.3 Å². The Bertz CT molecular complexity index is 618. The molecule has 1 atom stereocenters. The maximum Gasteiger partial charge on any atom is 0.337 e. The van der Waals surface area contributed by atoms with Gasteiger partial charge in [-0.25, -0.2) is 4.79 Å². The van der Waals surface area contributed by atoms with Crippen LogP contribution in [0.15, 0.2) is 54.6 Å². The van der Waals surface area contributed by atoms with Gasteiger partial charge in [0, 0.05) is 12.6 Å². The van der Waals surface area contributed by atoms with Gasteiger partial charge in [0.05, 0.1) is 12.7 Å². The van der Waals surface area contributed by atoms with Crippen molar-refractivity contribution in [1.29, 1.82) is 0 Å². The molecular formula is C19H21NO2. The van der Waals surface area contributed by atoms with Crippen LogP contribution in [-0.4, -0.2) is 13.1 Å². The van der Waals surface area contributed by atoms with Crippen LogP contribution in [0, 0.1) is 5.92 Å². The highest BCUT2D eigenvalue weighted by atomic mass is 16.5. The van der Waals surface area contributed by atoms with Crippen LogP contribution in [0.5, 0.6) is 0 Å². The average molecular weight is 295 g/mol. The van der Waals surface area contributed by atoms with E-state index in [2.05, 4.69) is 35.6 Å².